The maximum Gasteiger partial charge on any atom is 0.315 e. The first-order valence-corrected chi connectivity index (χ1v) is 6.26. The zero-order valence-electron chi connectivity index (χ0n) is 9.31. The Bertz CT molecular complexity index is 626. The molecule has 0 spiro atoms. The normalized spacial score (nSPS) is 12.3. The molecule has 2 rings (SSSR count). The van der Waals surface area contributed by atoms with E-state index in [1.165, 1.54) is 18.3 Å². The van der Waals surface area contributed by atoms with Gasteiger partial charge in [-0.25, -0.2) is 4.98 Å². The Balaban J connectivity index is 2.22. The van der Waals surface area contributed by atoms with Crippen molar-refractivity contribution in [3.63, 3.8) is 0 Å². The van der Waals surface area contributed by atoms with Gasteiger partial charge >= 0.3 is 5.97 Å². The predicted molar refractivity (Wildman–Crippen MR) is 70.1 cm³/mol. The fourth-order valence-corrected chi connectivity index (χ4v) is 2.42. The number of thiazole rings is 1. The molecule has 1 atom stereocenters. The van der Waals surface area contributed by atoms with Crippen molar-refractivity contribution in [2.24, 2.45) is 5.92 Å². The number of aromatic nitrogens is 1. The van der Waals surface area contributed by atoms with E-state index in [0.29, 0.717) is 15.7 Å². The summed E-state index contributed by atoms with van der Waals surface area (Å²) < 4.78 is 0.834. The van der Waals surface area contributed by atoms with Gasteiger partial charge in [0.15, 0.2) is 5.13 Å². The number of halogens is 1. The van der Waals surface area contributed by atoms with E-state index in [-0.39, 0.29) is 0 Å². The van der Waals surface area contributed by atoms with Crippen LogP contribution >= 0.6 is 22.9 Å². The average molecular weight is 285 g/mol. The molecule has 94 valence electrons. The van der Waals surface area contributed by atoms with Crippen LogP contribution in [0.3, 0.4) is 0 Å². The second-order valence-electron chi connectivity index (χ2n) is 3.68. The highest BCUT2D eigenvalue weighted by Gasteiger charge is 2.21. The van der Waals surface area contributed by atoms with E-state index < -0.39 is 17.8 Å². The van der Waals surface area contributed by atoms with E-state index >= 15 is 0 Å². The smallest absolute Gasteiger partial charge is 0.315 e. The Kier molecular flexibility index (Phi) is 3.49. The van der Waals surface area contributed by atoms with Crippen molar-refractivity contribution in [2.45, 2.75) is 6.92 Å². The fourth-order valence-electron chi connectivity index (χ4n) is 1.28. The maximum absolute atomic E-state index is 11.5. The van der Waals surface area contributed by atoms with Crippen molar-refractivity contribution in [3.8, 4) is 0 Å². The van der Waals surface area contributed by atoms with Crippen molar-refractivity contribution in [3.05, 3.63) is 23.2 Å². The number of rotatable bonds is 3. The van der Waals surface area contributed by atoms with Crippen LogP contribution in [-0.2, 0) is 9.59 Å². The van der Waals surface area contributed by atoms with E-state index in [0.717, 1.165) is 4.70 Å². The molecule has 7 heteroatoms. The fraction of sp³-hybridized carbons (Fsp3) is 0.182. The van der Waals surface area contributed by atoms with Gasteiger partial charge in [-0.2, -0.15) is 0 Å². The molecule has 0 aliphatic carbocycles. The summed E-state index contributed by atoms with van der Waals surface area (Å²) in [4.78, 5) is 26.4. The second kappa shape index (κ2) is 4.91. The van der Waals surface area contributed by atoms with Gasteiger partial charge in [0.1, 0.15) is 5.92 Å². The largest absolute Gasteiger partial charge is 0.481 e. The summed E-state index contributed by atoms with van der Waals surface area (Å²) in [6.07, 6.45) is 0. The molecule has 5 nitrogen and oxygen atoms in total. The first kappa shape index (κ1) is 12.8. The summed E-state index contributed by atoms with van der Waals surface area (Å²) >= 11 is 7.09. The number of benzene rings is 1. The zero-order valence-corrected chi connectivity index (χ0v) is 10.9. The number of nitrogens with zero attached hydrogens (tertiary/aromatic N) is 1. The van der Waals surface area contributed by atoms with Crippen molar-refractivity contribution in [2.75, 3.05) is 5.32 Å². The van der Waals surface area contributed by atoms with Crippen LogP contribution in [0.2, 0.25) is 5.02 Å². The molecule has 0 aliphatic rings. The lowest BCUT2D eigenvalue weighted by molar-refractivity contribution is -0.144. The summed E-state index contributed by atoms with van der Waals surface area (Å²) in [5.74, 6) is -2.87. The quantitative estimate of drug-likeness (QED) is 0.849. The van der Waals surface area contributed by atoms with Gasteiger partial charge < -0.3 is 10.4 Å². The van der Waals surface area contributed by atoms with Crippen LogP contribution in [0.5, 0.6) is 0 Å². The Morgan fingerprint density at radius 3 is 2.89 bits per heavy atom. The second-order valence-corrected chi connectivity index (χ2v) is 5.15. The number of amides is 1. The molecular formula is C11H9ClN2O3S. The van der Waals surface area contributed by atoms with Crippen LogP contribution < -0.4 is 5.32 Å². The molecule has 1 heterocycles. The lowest BCUT2D eigenvalue weighted by Gasteiger charge is -2.04. The number of hydrogen-bond donors (Lipinski definition) is 2. The van der Waals surface area contributed by atoms with E-state index in [1.54, 1.807) is 18.2 Å². The summed E-state index contributed by atoms with van der Waals surface area (Å²) in [6.45, 7) is 1.32. The van der Waals surface area contributed by atoms with Crippen LogP contribution in [0.4, 0.5) is 5.13 Å². The number of nitrogens with one attached hydrogen (secondary N) is 1. The summed E-state index contributed by atoms with van der Waals surface area (Å²) in [6, 6.07) is 5.18. The highest BCUT2D eigenvalue weighted by Crippen LogP contribution is 2.28. The van der Waals surface area contributed by atoms with Crippen LogP contribution in [0.1, 0.15) is 6.92 Å². The Morgan fingerprint density at radius 1 is 1.50 bits per heavy atom. The monoisotopic (exact) mass is 284 g/mol. The Morgan fingerprint density at radius 2 is 2.22 bits per heavy atom. The minimum atomic E-state index is -1.17. The van der Waals surface area contributed by atoms with Gasteiger partial charge in [-0.1, -0.05) is 22.9 Å². The third kappa shape index (κ3) is 2.60. The molecule has 1 aromatic carbocycles. The lowest BCUT2D eigenvalue weighted by atomic mass is 10.2. The first-order valence-electron chi connectivity index (χ1n) is 5.07. The van der Waals surface area contributed by atoms with E-state index in [9.17, 15) is 9.59 Å². The average Bonchev–Trinajstić information content (AvgIpc) is 2.68. The van der Waals surface area contributed by atoms with Crippen molar-refractivity contribution in [1.29, 1.82) is 0 Å². The Labute approximate surface area is 111 Å². The number of carbonyl (C=O) groups is 2. The van der Waals surface area contributed by atoms with Crippen LogP contribution in [0.25, 0.3) is 10.2 Å². The minimum Gasteiger partial charge on any atom is -0.481 e. The number of carbonyl (C=O) groups excluding carboxylic acids is 1. The van der Waals surface area contributed by atoms with E-state index in [1.807, 2.05) is 0 Å². The molecule has 1 unspecified atom stereocenters. The summed E-state index contributed by atoms with van der Waals surface area (Å²) in [7, 11) is 0. The number of carboxylic acid groups (broad SMARTS) is 1. The molecule has 0 radical (unpaired) electrons. The molecular weight excluding hydrogens is 276 g/mol. The summed E-state index contributed by atoms with van der Waals surface area (Å²) in [5, 5.41) is 12.1. The third-order valence-corrected chi connectivity index (χ3v) is 3.51. The number of carboxylic acids is 1. The molecule has 2 N–H and O–H groups in total. The number of fused-ring (bicyclic) bond motifs is 1. The van der Waals surface area contributed by atoms with Gasteiger partial charge in [0.2, 0.25) is 5.91 Å². The number of anilines is 1. The SMILES string of the molecule is CC(C(=O)O)C(=O)Nc1nc2ccc(Cl)cc2s1. The van der Waals surface area contributed by atoms with Gasteiger partial charge in [-0.15, -0.1) is 0 Å². The highest BCUT2D eigenvalue weighted by atomic mass is 35.5. The van der Waals surface area contributed by atoms with Gasteiger partial charge in [0.05, 0.1) is 10.2 Å². The minimum absolute atomic E-state index is 0.366. The van der Waals surface area contributed by atoms with Crippen molar-refractivity contribution >= 4 is 50.2 Å². The van der Waals surface area contributed by atoms with Gasteiger partial charge in [-0.05, 0) is 25.1 Å². The predicted octanol–water partition coefficient (Wildman–Crippen LogP) is 2.61. The molecule has 18 heavy (non-hydrogen) atoms. The third-order valence-electron chi connectivity index (χ3n) is 2.34. The van der Waals surface area contributed by atoms with Crippen LogP contribution in [-0.4, -0.2) is 22.0 Å². The molecule has 1 aromatic heterocycles. The molecule has 0 bridgehead atoms. The van der Waals surface area contributed by atoms with Crippen LogP contribution in [0.15, 0.2) is 18.2 Å². The molecule has 0 fully saturated rings. The lowest BCUT2D eigenvalue weighted by Crippen LogP contribution is -2.26. The first-order chi connectivity index (χ1) is 8.47. The molecule has 0 saturated carbocycles. The molecule has 2 aromatic rings. The maximum atomic E-state index is 11.5. The zero-order chi connectivity index (χ0) is 13.3. The van der Waals surface area contributed by atoms with Crippen molar-refractivity contribution < 1.29 is 14.7 Å². The van der Waals surface area contributed by atoms with E-state index in [4.69, 9.17) is 16.7 Å². The highest BCUT2D eigenvalue weighted by molar-refractivity contribution is 7.22. The van der Waals surface area contributed by atoms with Gasteiger partial charge in [0.25, 0.3) is 0 Å². The van der Waals surface area contributed by atoms with Gasteiger partial charge in [0, 0.05) is 5.02 Å². The Hall–Kier alpha value is -1.66. The topological polar surface area (TPSA) is 79.3 Å². The van der Waals surface area contributed by atoms with Crippen molar-refractivity contribution in [1.82, 2.24) is 4.98 Å². The van der Waals surface area contributed by atoms with Crippen LogP contribution in [0, 0.1) is 5.92 Å². The summed E-state index contributed by atoms with van der Waals surface area (Å²) in [5.41, 5.74) is 0.711. The number of aliphatic carboxylic acids is 1. The standard InChI is InChI=1S/C11H9ClN2O3S/c1-5(10(16)17)9(15)14-11-13-7-3-2-6(12)4-8(7)18-11/h2-5H,1H3,(H,16,17)(H,13,14,15). The molecule has 1 amide bonds. The van der Waals surface area contributed by atoms with Gasteiger partial charge in [-0.3, -0.25) is 9.59 Å². The molecule has 0 aliphatic heterocycles. The molecule has 0 saturated heterocycles. The van der Waals surface area contributed by atoms with E-state index in [2.05, 4.69) is 10.3 Å². The number of hydrogen-bond acceptors (Lipinski definition) is 4.